The van der Waals surface area contributed by atoms with Crippen molar-refractivity contribution < 1.29 is 4.79 Å². The molecule has 4 aromatic rings. The van der Waals surface area contributed by atoms with Crippen molar-refractivity contribution in [1.82, 2.24) is 9.55 Å². The highest BCUT2D eigenvalue weighted by Gasteiger charge is 2.23. The first-order valence-corrected chi connectivity index (χ1v) is 12.2. The average molecular weight is 480 g/mol. The van der Waals surface area contributed by atoms with Crippen molar-refractivity contribution in [3.05, 3.63) is 80.7 Å². The fourth-order valence-corrected chi connectivity index (χ4v) is 4.96. The zero-order chi connectivity index (χ0) is 23.7. The van der Waals surface area contributed by atoms with Gasteiger partial charge in [-0.2, -0.15) is 0 Å². The minimum atomic E-state index is -0.691. The van der Waals surface area contributed by atoms with Crippen molar-refractivity contribution in [3.8, 4) is 11.1 Å². The summed E-state index contributed by atoms with van der Waals surface area (Å²) in [6.45, 7) is 8.08. The molecule has 2 heterocycles. The topological polar surface area (TPSA) is 64.0 Å². The first kappa shape index (κ1) is 23.2. The number of fused-ring (bicyclic) bond motifs is 1. The number of rotatable bonds is 6. The standard InChI is InChI=1S/C26H26ClN3O2S/c1-5-22(24(31)29-21-12-19(27)11-6-16(21)4)30-14-28-25-23(26(30)32)20(13-33-25)18-9-7-17(8-10-18)15(2)3/h6-15,22H,5H2,1-4H3,(H,29,31). The molecule has 1 amide bonds. The molecule has 4 rings (SSSR count). The Morgan fingerprint density at radius 2 is 1.91 bits per heavy atom. The molecule has 0 saturated heterocycles. The number of amides is 1. The van der Waals surface area contributed by atoms with E-state index >= 15 is 0 Å². The number of thiophene rings is 1. The summed E-state index contributed by atoms with van der Waals surface area (Å²) in [6.07, 6.45) is 1.92. The van der Waals surface area contributed by atoms with Crippen molar-refractivity contribution in [2.45, 2.75) is 46.1 Å². The van der Waals surface area contributed by atoms with Gasteiger partial charge in [0.15, 0.2) is 0 Å². The van der Waals surface area contributed by atoms with E-state index in [9.17, 15) is 9.59 Å². The Bertz CT molecular complexity index is 1370. The second kappa shape index (κ2) is 9.49. The number of aromatic nitrogens is 2. The minimum Gasteiger partial charge on any atom is -0.324 e. The molecule has 0 saturated carbocycles. The SMILES string of the molecule is CCC(C(=O)Nc1cc(Cl)ccc1C)n1cnc2scc(-c3ccc(C(C)C)cc3)c2c1=O. The van der Waals surface area contributed by atoms with Gasteiger partial charge in [-0.05, 0) is 48.1 Å². The van der Waals surface area contributed by atoms with E-state index in [2.05, 4.69) is 36.3 Å². The lowest BCUT2D eigenvalue weighted by Crippen LogP contribution is -2.33. The van der Waals surface area contributed by atoms with Crippen molar-refractivity contribution in [1.29, 1.82) is 0 Å². The monoisotopic (exact) mass is 479 g/mol. The van der Waals surface area contributed by atoms with E-state index in [1.807, 2.05) is 37.4 Å². The lowest BCUT2D eigenvalue weighted by molar-refractivity contribution is -0.119. The molecular formula is C26H26ClN3O2S. The normalized spacial score (nSPS) is 12.3. The highest BCUT2D eigenvalue weighted by molar-refractivity contribution is 7.17. The Hall–Kier alpha value is -2.96. The number of nitrogens with one attached hydrogen (secondary N) is 1. The molecule has 0 spiro atoms. The molecule has 0 bridgehead atoms. The van der Waals surface area contributed by atoms with Crippen LogP contribution in [0.2, 0.25) is 5.02 Å². The zero-order valence-corrected chi connectivity index (χ0v) is 20.6. The highest BCUT2D eigenvalue weighted by atomic mass is 35.5. The summed E-state index contributed by atoms with van der Waals surface area (Å²) in [7, 11) is 0. The number of nitrogens with zero attached hydrogens (tertiary/aromatic N) is 2. The van der Waals surface area contributed by atoms with Gasteiger partial charge >= 0.3 is 0 Å². The first-order chi connectivity index (χ1) is 15.8. The number of hydrogen-bond acceptors (Lipinski definition) is 4. The predicted molar refractivity (Wildman–Crippen MR) is 138 cm³/mol. The van der Waals surface area contributed by atoms with E-state index in [1.54, 1.807) is 12.1 Å². The molecule has 1 atom stereocenters. The van der Waals surface area contributed by atoms with Gasteiger partial charge in [0.05, 0.1) is 11.7 Å². The molecule has 7 heteroatoms. The van der Waals surface area contributed by atoms with Crippen molar-refractivity contribution in [2.24, 2.45) is 0 Å². The number of aryl methyl sites for hydroxylation is 1. The molecule has 0 aliphatic carbocycles. The van der Waals surface area contributed by atoms with Crippen LogP contribution in [0.25, 0.3) is 21.3 Å². The zero-order valence-electron chi connectivity index (χ0n) is 19.1. The van der Waals surface area contributed by atoms with Crippen molar-refractivity contribution in [2.75, 3.05) is 5.32 Å². The molecule has 2 aromatic heterocycles. The molecule has 0 fully saturated rings. The van der Waals surface area contributed by atoms with Crippen LogP contribution >= 0.6 is 22.9 Å². The maximum absolute atomic E-state index is 13.6. The minimum absolute atomic E-state index is 0.214. The first-order valence-electron chi connectivity index (χ1n) is 11.0. The number of carbonyl (C=O) groups is 1. The van der Waals surface area contributed by atoms with Crippen LogP contribution in [0, 0.1) is 6.92 Å². The second-order valence-corrected chi connectivity index (χ2v) is 9.73. The number of halogens is 1. The molecule has 170 valence electrons. The van der Waals surface area contributed by atoms with E-state index < -0.39 is 6.04 Å². The summed E-state index contributed by atoms with van der Waals surface area (Å²) in [5, 5.41) is 5.97. The summed E-state index contributed by atoms with van der Waals surface area (Å²) < 4.78 is 1.44. The van der Waals surface area contributed by atoms with Gasteiger partial charge < -0.3 is 5.32 Å². The highest BCUT2D eigenvalue weighted by Crippen LogP contribution is 2.32. The summed E-state index contributed by atoms with van der Waals surface area (Å²) >= 11 is 7.53. The Balaban J connectivity index is 1.73. The lowest BCUT2D eigenvalue weighted by atomic mass is 9.99. The fraction of sp³-hybridized carbons (Fsp3) is 0.269. The Kier molecular flexibility index (Phi) is 6.68. The van der Waals surface area contributed by atoms with E-state index in [1.165, 1.54) is 27.8 Å². The van der Waals surface area contributed by atoms with Crippen LogP contribution in [0.1, 0.15) is 50.3 Å². The molecule has 1 unspecified atom stereocenters. The van der Waals surface area contributed by atoms with Gasteiger partial charge in [0.25, 0.3) is 5.56 Å². The maximum atomic E-state index is 13.6. The van der Waals surface area contributed by atoms with Gasteiger partial charge in [0.1, 0.15) is 10.9 Å². The van der Waals surface area contributed by atoms with Gasteiger partial charge in [0, 0.05) is 21.7 Å². The molecule has 0 radical (unpaired) electrons. The van der Waals surface area contributed by atoms with E-state index in [0.29, 0.717) is 33.3 Å². The third-order valence-electron chi connectivity index (χ3n) is 5.89. The lowest BCUT2D eigenvalue weighted by Gasteiger charge is -2.18. The third-order valence-corrected chi connectivity index (χ3v) is 7.01. The largest absolute Gasteiger partial charge is 0.324 e. The summed E-state index contributed by atoms with van der Waals surface area (Å²) in [5.74, 6) is 0.160. The molecular weight excluding hydrogens is 454 g/mol. The summed E-state index contributed by atoms with van der Waals surface area (Å²) in [6, 6.07) is 12.9. The van der Waals surface area contributed by atoms with Crippen LogP contribution in [0.15, 0.2) is 59.0 Å². The maximum Gasteiger partial charge on any atom is 0.263 e. The van der Waals surface area contributed by atoms with Crippen molar-refractivity contribution in [3.63, 3.8) is 0 Å². The average Bonchev–Trinajstić information content (AvgIpc) is 3.23. The van der Waals surface area contributed by atoms with Crippen LogP contribution in [-0.4, -0.2) is 15.5 Å². The van der Waals surface area contributed by atoms with Gasteiger partial charge in [-0.1, -0.05) is 62.7 Å². The summed E-state index contributed by atoms with van der Waals surface area (Å²) in [4.78, 5) is 31.9. The van der Waals surface area contributed by atoms with Crippen LogP contribution in [0.3, 0.4) is 0 Å². The number of anilines is 1. The van der Waals surface area contributed by atoms with Crippen molar-refractivity contribution >= 4 is 44.7 Å². The molecule has 2 aromatic carbocycles. The van der Waals surface area contributed by atoms with E-state index in [0.717, 1.165) is 16.7 Å². The molecule has 5 nitrogen and oxygen atoms in total. The molecule has 0 aliphatic heterocycles. The van der Waals surface area contributed by atoms with Gasteiger partial charge in [-0.15, -0.1) is 11.3 Å². The van der Waals surface area contributed by atoms with Gasteiger partial charge in [-0.25, -0.2) is 4.98 Å². The Morgan fingerprint density at radius 3 is 2.58 bits per heavy atom. The van der Waals surface area contributed by atoms with Crippen LogP contribution in [-0.2, 0) is 4.79 Å². The molecule has 0 aliphatic rings. The molecule has 1 N–H and O–H groups in total. The molecule has 33 heavy (non-hydrogen) atoms. The summed E-state index contributed by atoms with van der Waals surface area (Å²) in [5.41, 5.74) is 4.37. The predicted octanol–water partition coefficient (Wildman–Crippen LogP) is 6.80. The number of carbonyl (C=O) groups excluding carboxylic acids is 1. The van der Waals surface area contributed by atoms with Crippen LogP contribution < -0.4 is 10.9 Å². The quantitative estimate of drug-likeness (QED) is 0.330. The number of hydrogen-bond donors (Lipinski definition) is 1. The van der Waals surface area contributed by atoms with Crippen LogP contribution in [0.5, 0.6) is 0 Å². The smallest absolute Gasteiger partial charge is 0.263 e. The van der Waals surface area contributed by atoms with Crippen LogP contribution in [0.4, 0.5) is 5.69 Å². The van der Waals surface area contributed by atoms with E-state index in [-0.39, 0.29) is 11.5 Å². The van der Waals surface area contributed by atoms with Gasteiger partial charge in [-0.3, -0.25) is 14.2 Å². The Labute approximate surface area is 202 Å². The fourth-order valence-electron chi connectivity index (χ4n) is 3.88. The third kappa shape index (κ3) is 4.59. The van der Waals surface area contributed by atoms with Gasteiger partial charge in [0.2, 0.25) is 5.91 Å². The Morgan fingerprint density at radius 1 is 1.18 bits per heavy atom. The second-order valence-electron chi connectivity index (χ2n) is 8.44. The van der Waals surface area contributed by atoms with E-state index in [4.69, 9.17) is 11.6 Å². The number of benzene rings is 2.